The van der Waals surface area contributed by atoms with Gasteiger partial charge in [-0.2, -0.15) is 0 Å². The van der Waals surface area contributed by atoms with Crippen LogP contribution in [0.2, 0.25) is 0 Å². The molecule has 3 rings (SSSR count). The average Bonchev–Trinajstić information content (AvgIpc) is 3.29. The summed E-state index contributed by atoms with van der Waals surface area (Å²) in [5.74, 6) is 0.871. The summed E-state index contributed by atoms with van der Waals surface area (Å²) in [4.78, 5) is 19.2. The van der Waals surface area contributed by atoms with Crippen molar-refractivity contribution in [1.82, 2.24) is 9.88 Å². The molecule has 1 fully saturated rings. The van der Waals surface area contributed by atoms with E-state index in [1.165, 1.54) is 12.8 Å². The molecule has 0 atom stereocenters. The highest BCUT2D eigenvalue weighted by atomic mass is 16.2. The summed E-state index contributed by atoms with van der Waals surface area (Å²) in [6.07, 6.45) is 5.27. The lowest BCUT2D eigenvalue weighted by atomic mass is 10.1. The van der Waals surface area contributed by atoms with Crippen molar-refractivity contribution in [3.63, 3.8) is 0 Å². The molecule has 1 heterocycles. The van der Waals surface area contributed by atoms with Crippen LogP contribution in [-0.2, 0) is 0 Å². The summed E-state index contributed by atoms with van der Waals surface area (Å²) < 4.78 is 0. The molecule has 0 spiro atoms. The van der Waals surface area contributed by atoms with Crippen molar-refractivity contribution in [2.75, 3.05) is 13.1 Å². The lowest BCUT2D eigenvalue weighted by molar-refractivity contribution is 0.0749. The van der Waals surface area contributed by atoms with E-state index in [0.29, 0.717) is 0 Å². The number of hydrogen-bond acceptors (Lipinski definition) is 2. The molecule has 0 aliphatic heterocycles. The quantitative estimate of drug-likeness (QED) is 0.831. The standard InChI is InChI=1S/C17H20N2O/c1-2-11-19(12-13-7-8-13)17(20)15-9-10-18-16-6-4-3-5-14(15)16/h3-6,9-10,13H,2,7-8,11-12H2,1H3. The summed E-state index contributed by atoms with van der Waals surface area (Å²) in [6.45, 7) is 3.87. The first-order valence-electron chi connectivity index (χ1n) is 7.42. The van der Waals surface area contributed by atoms with Crippen LogP contribution in [0.3, 0.4) is 0 Å². The van der Waals surface area contributed by atoms with Gasteiger partial charge in [0.15, 0.2) is 0 Å². The summed E-state index contributed by atoms with van der Waals surface area (Å²) >= 11 is 0. The van der Waals surface area contributed by atoms with Gasteiger partial charge in [0, 0.05) is 24.7 Å². The van der Waals surface area contributed by atoms with E-state index in [4.69, 9.17) is 0 Å². The molecule has 1 aromatic heterocycles. The van der Waals surface area contributed by atoms with Crippen LogP contribution in [0, 0.1) is 5.92 Å². The first-order valence-corrected chi connectivity index (χ1v) is 7.42. The minimum atomic E-state index is 0.150. The molecule has 104 valence electrons. The second-order valence-corrected chi connectivity index (χ2v) is 5.57. The summed E-state index contributed by atoms with van der Waals surface area (Å²) in [6, 6.07) is 9.71. The molecule has 1 aliphatic carbocycles. The molecule has 0 saturated heterocycles. The SMILES string of the molecule is CCCN(CC1CC1)C(=O)c1ccnc2ccccc12. The van der Waals surface area contributed by atoms with Crippen molar-refractivity contribution < 1.29 is 4.79 Å². The predicted octanol–water partition coefficient (Wildman–Crippen LogP) is 3.50. The zero-order valence-electron chi connectivity index (χ0n) is 11.9. The van der Waals surface area contributed by atoms with Gasteiger partial charge < -0.3 is 4.90 Å². The normalized spacial score (nSPS) is 14.4. The zero-order valence-corrected chi connectivity index (χ0v) is 11.9. The molecule has 1 aliphatic rings. The summed E-state index contributed by atoms with van der Waals surface area (Å²) in [5, 5.41) is 0.955. The molecule has 3 heteroatoms. The first-order chi connectivity index (χ1) is 9.79. The molecule has 0 radical (unpaired) electrons. The van der Waals surface area contributed by atoms with Crippen LogP contribution in [0.1, 0.15) is 36.5 Å². The lowest BCUT2D eigenvalue weighted by Gasteiger charge is -2.22. The van der Waals surface area contributed by atoms with Gasteiger partial charge in [0.2, 0.25) is 0 Å². The molecule has 1 saturated carbocycles. The number of amides is 1. The van der Waals surface area contributed by atoms with Gasteiger partial charge >= 0.3 is 0 Å². The van der Waals surface area contributed by atoms with Gasteiger partial charge in [-0.25, -0.2) is 0 Å². The Bertz CT molecular complexity index is 614. The smallest absolute Gasteiger partial charge is 0.254 e. The Balaban J connectivity index is 1.93. The number of para-hydroxylation sites is 1. The van der Waals surface area contributed by atoms with Crippen LogP contribution in [0.25, 0.3) is 10.9 Å². The highest BCUT2D eigenvalue weighted by Crippen LogP contribution is 2.30. The fourth-order valence-corrected chi connectivity index (χ4v) is 2.61. The maximum atomic E-state index is 12.8. The van der Waals surface area contributed by atoms with Gasteiger partial charge in [0.25, 0.3) is 5.91 Å². The number of pyridine rings is 1. The molecule has 0 N–H and O–H groups in total. The van der Waals surface area contributed by atoms with Crippen molar-refractivity contribution in [1.29, 1.82) is 0 Å². The number of carbonyl (C=O) groups is 1. The molecule has 20 heavy (non-hydrogen) atoms. The predicted molar refractivity (Wildman–Crippen MR) is 80.7 cm³/mol. The number of aromatic nitrogens is 1. The highest BCUT2D eigenvalue weighted by Gasteiger charge is 2.27. The zero-order chi connectivity index (χ0) is 13.9. The van der Waals surface area contributed by atoms with E-state index in [1.54, 1.807) is 6.20 Å². The van der Waals surface area contributed by atoms with E-state index in [9.17, 15) is 4.79 Å². The number of benzene rings is 1. The van der Waals surface area contributed by atoms with Gasteiger partial charge in [0.05, 0.1) is 11.1 Å². The Hall–Kier alpha value is -1.90. The average molecular weight is 268 g/mol. The number of hydrogen-bond donors (Lipinski definition) is 0. The van der Waals surface area contributed by atoms with E-state index in [2.05, 4.69) is 11.9 Å². The first kappa shape index (κ1) is 13.1. The molecule has 2 aromatic rings. The van der Waals surface area contributed by atoms with Crippen molar-refractivity contribution in [2.45, 2.75) is 26.2 Å². The molecule has 0 unspecified atom stereocenters. The molecular weight excluding hydrogens is 248 g/mol. The Labute approximate surface area is 119 Å². The van der Waals surface area contributed by atoms with Crippen molar-refractivity contribution >= 4 is 16.8 Å². The van der Waals surface area contributed by atoms with Crippen LogP contribution >= 0.6 is 0 Å². The fraction of sp³-hybridized carbons (Fsp3) is 0.412. The van der Waals surface area contributed by atoms with E-state index >= 15 is 0 Å². The largest absolute Gasteiger partial charge is 0.338 e. The Morgan fingerprint density at radius 3 is 2.85 bits per heavy atom. The van der Waals surface area contributed by atoms with Crippen LogP contribution < -0.4 is 0 Å². The maximum Gasteiger partial charge on any atom is 0.254 e. The highest BCUT2D eigenvalue weighted by molar-refractivity contribution is 6.05. The third kappa shape index (κ3) is 2.67. The summed E-state index contributed by atoms with van der Waals surface area (Å²) in [7, 11) is 0. The van der Waals surface area contributed by atoms with Crippen LogP contribution in [0.5, 0.6) is 0 Å². The number of fused-ring (bicyclic) bond motifs is 1. The van der Waals surface area contributed by atoms with Gasteiger partial charge in [0.1, 0.15) is 0 Å². The van der Waals surface area contributed by atoms with Crippen LogP contribution in [-0.4, -0.2) is 28.9 Å². The number of carbonyl (C=O) groups excluding carboxylic acids is 1. The number of nitrogens with zero attached hydrogens (tertiary/aromatic N) is 2. The Kier molecular flexibility index (Phi) is 3.68. The van der Waals surface area contributed by atoms with Gasteiger partial charge in [-0.15, -0.1) is 0 Å². The fourth-order valence-electron chi connectivity index (χ4n) is 2.61. The topological polar surface area (TPSA) is 33.2 Å². The lowest BCUT2D eigenvalue weighted by Crippen LogP contribution is -2.33. The maximum absolute atomic E-state index is 12.8. The van der Waals surface area contributed by atoms with Crippen molar-refractivity contribution in [3.05, 3.63) is 42.1 Å². The van der Waals surface area contributed by atoms with Crippen LogP contribution in [0.15, 0.2) is 36.5 Å². The minimum absolute atomic E-state index is 0.150. The van der Waals surface area contributed by atoms with Gasteiger partial charge in [-0.05, 0) is 37.3 Å². The third-order valence-electron chi connectivity index (χ3n) is 3.84. The number of rotatable bonds is 5. The monoisotopic (exact) mass is 268 g/mol. The Morgan fingerprint density at radius 1 is 1.30 bits per heavy atom. The van der Waals surface area contributed by atoms with Crippen molar-refractivity contribution in [3.8, 4) is 0 Å². The second kappa shape index (κ2) is 5.61. The third-order valence-corrected chi connectivity index (χ3v) is 3.84. The van der Waals surface area contributed by atoms with E-state index in [0.717, 1.165) is 41.9 Å². The molecular formula is C17H20N2O. The molecule has 0 bridgehead atoms. The Morgan fingerprint density at radius 2 is 2.10 bits per heavy atom. The molecule has 1 aromatic carbocycles. The van der Waals surface area contributed by atoms with E-state index in [1.807, 2.05) is 35.2 Å². The molecule has 1 amide bonds. The van der Waals surface area contributed by atoms with Crippen LogP contribution in [0.4, 0.5) is 0 Å². The second-order valence-electron chi connectivity index (χ2n) is 5.57. The molecule has 3 nitrogen and oxygen atoms in total. The summed E-state index contributed by atoms with van der Waals surface area (Å²) in [5.41, 5.74) is 1.67. The van der Waals surface area contributed by atoms with Crippen molar-refractivity contribution in [2.24, 2.45) is 5.92 Å². The van der Waals surface area contributed by atoms with E-state index in [-0.39, 0.29) is 5.91 Å². The van der Waals surface area contributed by atoms with Gasteiger partial charge in [-0.1, -0.05) is 25.1 Å². The minimum Gasteiger partial charge on any atom is -0.338 e. The van der Waals surface area contributed by atoms with E-state index < -0.39 is 0 Å². The van der Waals surface area contributed by atoms with Gasteiger partial charge in [-0.3, -0.25) is 9.78 Å².